The molecule has 1 aromatic rings. The van der Waals surface area contributed by atoms with E-state index >= 15 is 0 Å². The molecule has 0 aliphatic rings. The molecule has 0 aliphatic heterocycles. The molecule has 1 unspecified atom stereocenters. The summed E-state index contributed by atoms with van der Waals surface area (Å²) in [7, 11) is 1.52. The summed E-state index contributed by atoms with van der Waals surface area (Å²) in [6, 6.07) is 6.39. The number of ether oxygens (including phenoxy) is 2. The number of benzene rings is 1. The molecule has 0 radical (unpaired) electrons. The second-order valence-electron chi connectivity index (χ2n) is 6.07. The maximum Gasteiger partial charge on any atom is 0.255 e. The molecule has 0 aliphatic carbocycles. The fourth-order valence-corrected chi connectivity index (χ4v) is 2.77. The Bertz CT molecular complexity index is 566. The first kappa shape index (κ1) is 22.3. The van der Waals surface area contributed by atoms with Crippen molar-refractivity contribution >= 4 is 23.6 Å². The van der Waals surface area contributed by atoms with Crippen LogP contribution in [0.3, 0.4) is 0 Å². The molecule has 26 heavy (non-hydrogen) atoms. The van der Waals surface area contributed by atoms with E-state index in [0.717, 1.165) is 12.2 Å². The fourth-order valence-electron chi connectivity index (χ4n) is 2.30. The lowest BCUT2D eigenvalue weighted by molar-refractivity contribution is -0.123. The van der Waals surface area contributed by atoms with E-state index in [1.807, 2.05) is 20.1 Å². The van der Waals surface area contributed by atoms with Crippen LogP contribution in [0.15, 0.2) is 24.3 Å². The Kier molecular flexibility index (Phi) is 10.8. The predicted octanol–water partition coefficient (Wildman–Crippen LogP) is 2.48. The molecule has 1 aromatic carbocycles. The third-order valence-corrected chi connectivity index (χ3v) is 4.30. The van der Waals surface area contributed by atoms with E-state index in [0.29, 0.717) is 30.9 Å². The lowest BCUT2D eigenvalue weighted by atomic mass is 10.1. The Morgan fingerprint density at radius 3 is 2.62 bits per heavy atom. The van der Waals surface area contributed by atoms with Gasteiger partial charge in [0.05, 0.1) is 18.8 Å². The lowest BCUT2D eigenvalue weighted by Gasteiger charge is -2.19. The number of thioether (sulfide) groups is 1. The summed E-state index contributed by atoms with van der Waals surface area (Å²) in [6.07, 6.45) is 3.45. The third kappa shape index (κ3) is 8.10. The molecule has 0 aromatic heterocycles. The number of para-hydroxylation sites is 1. The standard InChI is InChI=1S/C19H30N2O4S/c1-14(2)25-12-7-11-20-19(23)16(10-13-26-4)21-18(22)15-8-5-6-9-17(15)24-3/h5-6,8-9,14,16H,7,10-13H2,1-4H3,(H,20,23)(H,21,22). The first-order valence-electron chi connectivity index (χ1n) is 8.81. The van der Waals surface area contributed by atoms with E-state index in [9.17, 15) is 9.59 Å². The van der Waals surface area contributed by atoms with Crippen LogP contribution in [-0.2, 0) is 9.53 Å². The number of nitrogens with one attached hydrogen (secondary N) is 2. The number of rotatable bonds is 12. The van der Waals surface area contributed by atoms with Crippen molar-refractivity contribution in [3.05, 3.63) is 29.8 Å². The minimum Gasteiger partial charge on any atom is -0.496 e. The van der Waals surface area contributed by atoms with Crippen LogP contribution in [-0.4, -0.2) is 56.2 Å². The van der Waals surface area contributed by atoms with E-state index in [1.54, 1.807) is 36.0 Å². The molecule has 7 heteroatoms. The second kappa shape index (κ2) is 12.6. The van der Waals surface area contributed by atoms with E-state index in [2.05, 4.69) is 10.6 Å². The van der Waals surface area contributed by atoms with Gasteiger partial charge in [-0.05, 0) is 50.8 Å². The first-order chi connectivity index (χ1) is 12.5. The molecule has 0 heterocycles. The highest BCUT2D eigenvalue weighted by Gasteiger charge is 2.22. The summed E-state index contributed by atoms with van der Waals surface area (Å²) in [5.74, 6) is 0.777. The smallest absolute Gasteiger partial charge is 0.255 e. The molecule has 6 nitrogen and oxygen atoms in total. The fraction of sp³-hybridized carbons (Fsp3) is 0.579. The van der Waals surface area contributed by atoms with Crippen LogP contribution in [0.4, 0.5) is 0 Å². The topological polar surface area (TPSA) is 76.7 Å². The first-order valence-corrected chi connectivity index (χ1v) is 10.2. The molecule has 0 fully saturated rings. The second-order valence-corrected chi connectivity index (χ2v) is 7.06. The van der Waals surface area contributed by atoms with Crippen molar-refractivity contribution in [2.24, 2.45) is 0 Å². The van der Waals surface area contributed by atoms with Crippen LogP contribution in [0.5, 0.6) is 5.75 Å². The van der Waals surface area contributed by atoms with Gasteiger partial charge in [0.15, 0.2) is 0 Å². The molecule has 0 spiro atoms. The van der Waals surface area contributed by atoms with Crippen molar-refractivity contribution in [1.29, 1.82) is 0 Å². The van der Waals surface area contributed by atoms with Crippen molar-refractivity contribution in [2.75, 3.05) is 32.3 Å². The van der Waals surface area contributed by atoms with Crippen LogP contribution in [0.25, 0.3) is 0 Å². The zero-order chi connectivity index (χ0) is 19.4. The molecule has 1 atom stereocenters. The Labute approximate surface area is 160 Å². The largest absolute Gasteiger partial charge is 0.496 e. The van der Waals surface area contributed by atoms with Gasteiger partial charge in [0.1, 0.15) is 11.8 Å². The third-order valence-electron chi connectivity index (χ3n) is 3.66. The number of hydrogen-bond acceptors (Lipinski definition) is 5. The van der Waals surface area contributed by atoms with Gasteiger partial charge in [0.2, 0.25) is 5.91 Å². The molecule has 0 bridgehead atoms. The molecule has 2 N–H and O–H groups in total. The highest BCUT2D eigenvalue weighted by atomic mass is 32.2. The summed E-state index contributed by atoms with van der Waals surface area (Å²) in [5.41, 5.74) is 0.419. The molecular formula is C19H30N2O4S. The minimum atomic E-state index is -0.578. The molecule has 146 valence electrons. The normalized spacial score (nSPS) is 11.9. The Morgan fingerprint density at radius 2 is 1.96 bits per heavy atom. The molecule has 0 saturated heterocycles. The van der Waals surface area contributed by atoms with Crippen LogP contribution in [0.1, 0.15) is 37.0 Å². The van der Waals surface area contributed by atoms with Gasteiger partial charge in [0.25, 0.3) is 5.91 Å². The van der Waals surface area contributed by atoms with E-state index < -0.39 is 6.04 Å². The zero-order valence-electron chi connectivity index (χ0n) is 16.0. The van der Waals surface area contributed by atoms with Crippen molar-refractivity contribution in [3.8, 4) is 5.75 Å². The maximum absolute atomic E-state index is 12.6. The van der Waals surface area contributed by atoms with Crippen LogP contribution in [0.2, 0.25) is 0 Å². The zero-order valence-corrected chi connectivity index (χ0v) is 16.9. The van der Waals surface area contributed by atoms with Crippen LogP contribution < -0.4 is 15.4 Å². The Hall–Kier alpha value is -1.73. The highest BCUT2D eigenvalue weighted by molar-refractivity contribution is 7.98. The minimum absolute atomic E-state index is 0.174. The molecule has 0 saturated carbocycles. The van der Waals surface area contributed by atoms with Crippen molar-refractivity contribution < 1.29 is 19.1 Å². The summed E-state index contributed by atoms with van der Waals surface area (Å²) >= 11 is 1.64. The van der Waals surface area contributed by atoms with E-state index in [4.69, 9.17) is 9.47 Å². The average molecular weight is 383 g/mol. The lowest BCUT2D eigenvalue weighted by Crippen LogP contribution is -2.47. The van der Waals surface area contributed by atoms with Gasteiger partial charge in [-0.3, -0.25) is 9.59 Å². The van der Waals surface area contributed by atoms with Gasteiger partial charge in [0, 0.05) is 13.2 Å². The van der Waals surface area contributed by atoms with E-state index in [-0.39, 0.29) is 17.9 Å². The number of carbonyl (C=O) groups is 2. The molecular weight excluding hydrogens is 352 g/mol. The van der Waals surface area contributed by atoms with Crippen molar-refractivity contribution in [1.82, 2.24) is 10.6 Å². The van der Waals surface area contributed by atoms with Gasteiger partial charge in [-0.2, -0.15) is 11.8 Å². The van der Waals surface area contributed by atoms with Gasteiger partial charge in [-0.1, -0.05) is 12.1 Å². The van der Waals surface area contributed by atoms with Crippen molar-refractivity contribution in [3.63, 3.8) is 0 Å². The SMILES string of the molecule is COc1ccccc1C(=O)NC(CCSC)C(=O)NCCCOC(C)C. The van der Waals surface area contributed by atoms with E-state index in [1.165, 1.54) is 7.11 Å². The van der Waals surface area contributed by atoms with Gasteiger partial charge < -0.3 is 20.1 Å². The highest BCUT2D eigenvalue weighted by Crippen LogP contribution is 2.17. The Balaban J connectivity index is 2.61. The summed E-state index contributed by atoms with van der Waals surface area (Å²) in [5, 5.41) is 5.70. The molecule has 1 rings (SSSR count). The number of methoxy groups -OCH3 is 1. The number of hydrogen-bond donors (Lipinski definition) is 2. The van der Waals surface area contributed by atoms with Gasteiger partial charge in [-0.15, -0.1) is 0 Å². The average Bonchev–Trinajstić information content (AvgIpc) is 2.64. The van der Waals surface area contributed by atoms with Crippen molar-refractivity contribution in [2.45, 2.75) is 38.8 Å². The van der Waals surface area contributed by atoms with Crippen LogP contribution >= 0.6 is 11.8 Å². The van der Waals surface area contributed by atoms with Crippen LogP contribution in [0, 0.1) is 0 Å². The monoisotopic (exact) mass is 382 g/mol. The summed E-state index contributed by atoms with van der Waals surface area (Å²) < 4.78 is 10.7. The number of amides is 2. The Morgan fingerprint density at radius 1 is 1.23 bits per heavy atom. The van der Waals surface area contributed by atoms with Gasteiger partial charge in [-0.25, -0.2) is 0 Å². The summed E-state index contributed by atoms with van der Waals surface area (Å²) in [4.78, 5) is 25.0. The molecule has 2 amide bonds. The van der Waals surface area contributed by atoms with Gasteiger partial charge >= 0.3 is 0 Å². The number of carbonyl (C=O) groups excluding carboxylic acids is 2. The predicted molar refractivity (Wildman–Crippen MR) is 106 cm³/mol. The quantitative estimate of drug-likeness (QED) is 0.543. The maximum atomic E-state index is 12.6. The summed E-state index contributed by atoms with van der Waals surface area (Å²) in [6.45, 7) is 5.07.